The average molecular weight is 284 g/mol. The molecule has 2 rings (SSSR count). The van der Waals surface area contributed by atoms with Gasteiger partial charge >= 0.3 is 0 Å². The van der Waals surface area contributed by atoms with E-state index < -0.39 is 0 Å². The molecule has 108 valence electrons. The van der Waals surface area contributed by atoms with Gasteiger partial charge < -0.3 is 4.74 Å². The zero-order chi connectivity index (χ0) is 13.8. The summed E-state index contributed by atoms with van der Waals surface area (Å²) in [6.07, 6.45) is 0.973. The Kier molecular flexibility index (Phi) is 5.29. The molecule has 5 nitrogen and oxygen atoms in total. The molecule has 1 aromatic rings. The van der Waals surface area contributed by atoms with Gasteiger partial charge in [-0.2, -0.15) is 0 Å². The third kappa shape index (κ3) is 3.73. The lowest BCUT2D eigenvalue weighted by atomic mass is 10.1. The lowest BCUT2D eigenvalue weighted by Crippen LogP contribution is -2.54. The van der Waals surface area contributed by atoms with E-state index in [0.29, 0.717) is 0 Å². The summed E-state index contributed by atoms with van der Waals surface area (Å²) >= 11 is 1.75. The number of aromatic nitrogens is 1. The minimum absolute atomic E-state index is 0.124. The number of aryl methyl sites for hydroxylation is 2. The third-order valence-electron chi connectivity index (χ3n) is 3.76. The van der Waals surface area contributed by atoms with Gasteiger partial charge in [0.1, 0.15) is 0 Å². The first kappa shape index (κ1) is 14.9. The highest BCUT2D eigenvalue weighted by Crippen LogP contribution is 2.20. The first-order chi connectivity index (χ1) is 9.13. The molecule has 1 fully saturated rings. The molecule has 3 N–H and O–H groups in total. The Balaban J connectivity index is 1.99. The lowest BCUT2D eigenvalue weighted by Gasteiger charge is -2.36. The van der Waals surface area contributed by atoms with E-state index in [2.05, 4.69) is 36.1 Å². The van der Waals surface area contributed by atoms with Crippen LogP contribution in [0.25, 0.3) is 0 Å². The molecule has 0 radical (unpaired) electrons. The fourth-order valence-electron chi connectivity index (χ4n) is 2.37. The van der Waals surface area contributed by atoms with Gasteiger partial charge in [0.05, 0.1) is 29.5 Å². The van der Waals surface area contributed by atoms with Crippen molar-refractivity contribution in [2.24, 2.45) is 5.84 Å². The summed E-state index contributed by atoms with van der Waals surface area (Å²) < 4.78 is 5.86. The van der Waals surface area contributed by atoms with Crippen molar-refractivity contribution in [1.82, 2.24) is 15.3 Å². The number of nitrogens with zero attached hydrogens (tertiary/aromatic N) is 2. The largest absolute Gasteiger partial charge is 0.374 e. The van der Waals surface area contributed by atoms with E-state index >= 15 is 0 Å². The van der Waals surface area contributed by atoms with E-state index in [1.165, 1.54) is 4.88 Å². The SMILES string of the molecule is CCN1CCOC(C(Cc2nc(C)c(C)s2)NN)C1. The zero-order valence-electron chi connectivity index (χ0n) is 12.0. The van der Waals surface area contributed by atoms with Crippen LogP contribution in [-0.2, 0) is 11.2 Å². The second-order valence-electron chi connectivity index (χ2n) is 5.03. The first-order valence-electron chi connectivity index (χ1n) is 6.87. The Morgan fingerprint density at radius 1 is 1.58 bits per heavy atom. The topological polar surface area (TPSA) is 63.4 Å². The number of nitrogens with one attached hydrogen (secondary N) is 1. The maximum atomic E-state index is 5.86. The van der Waals surface area contributed by atoms with Crippen molar-refractivity contribution in [3.63, 3.8) is 0 Å². The molecule has 19 heavy (non-hydrogen) atoms. The van der Waals surface area contributed by atoms with Crippen molar-refractivity contribution >= 4 is 11.3 Å². The molecular weight excluding hydrogens is 260 g/mol. The van der Waals surface area contributed by atoms with Crippen molar-refractivity contribution in [3.8, 4) is 0 Å². The average Bonchev–Trinajstić information content (AvgIpc) is 2.75. The molecule has 1 saturated heterocycles. The predicted molar refractivity (Wildman–Crippen MR) is 78.3 cm³/mol. The summed E-state index contributed by atoms with van der Waals surface area (Å²) in [6, 6.07) is 0.124. The van der Waals surface area contributed by atoms with Crippen molar-refractivity contribution in [2.45, 2.75) is 39.3 Å². The number of hydrogen-bond donors (Lipinski definition) is 2. The lowest BCUT2D eigenvalue weighted by molar-refractivity contribution is -0.0448. The summed E-state index contributed by atoms with van der Waals surface area (Å²) in [7, 11) is 0. The third-order valence-corrected chi connectivity index (χ3v) is 4.85. The van der Waals surface area contributed by atoms with Gasteiger partial charge in [-0.05, 0) is 20.4 Å². The number of thiazole rings is 1. The van der Waals surface area contributed by atoms with Crippen LogP contribution in [-0.4, -0.2) is 48.3 Å². The fraction of sp³-hybridized carbons (Fsp3) is 0.769. The summed E-state index contributed by atoms with van der Waals surface area (Å²) in [6.45, 7) is 10.1. The molecule has 0 aromatic carbocycles. The van der Waals surface area contributed by atoms with Crippen LogP contribution in [0.1, 0.15) is 22.5 Å². The first-order valence-corrected chi connectivity index (χ1v) is 7.68. The van der Waals surface area contributed by atoms with Gasteiger partial charge in [0.25, 0.3) is 0 Å². The van der Waals surface area contributed by atoms with Crippen molar-refractivity contribution in [2.75, 3.05) is 26.2 Å². The maximum Gasteiger partial charge on any atom is 0.0947 e. The van der Waals surface area contributed by atoms with E-state index in [4.69, 9.17) is 10.6 Å². The number of rotatable bonds is 5. The number of ether oxygens (including phenoxy) is 1. The van der Waals surface area contributed by atoms with Crippen LogP contribution in [0.5, 0.6) is 0 Å². The number of nitrogens with two attached hydrogens (primary N) is 1. The van der Waals surface area contributed by atoms with E-state index in [-0.39, 0.29) is 12.1 Å². The van der Waals surface area contributed by atoms with Crippen molar-refractivity contribution < 1.29 is 4.74 Å². The van der Waals surface area contributed by atoms with Gasteiger partial charge in [-0.3, -0.25) is 16.2 Å². The molecule has 0 amide bonds. The molecule has 1 aromatic heterocycles. The van der Waals surface area contributed by atoms with Crippen LogP contribution in [0, 0.1) is 13.8 Å². The molecule has 1 aliphatic heterocycles. The standard InChI is InChI=1S/C13H24N4OS/c1-4-17-5-6-18-12(8-17)11(16-14)7-13-15-9(2)10(3)19-13/h11-12,16H,4-8,14H2,1-3H3. The van der Waals surface area contributed by atoms with Crippen molar-refractivity contribution in [1.29, 1.82) is 0 Å². The Morgan fingerprint density at radius 3 is 2.95 bits per heavy atom. The summed E-state index contributed by atoms with van der Waals surface area (Å²) in [5.41, 5.74) is 4.03. The van der Waals surface area contributed by atoms with Crippen LogP contribution in [0.2, 0.25) is 0 Å². The number of morpholine rings is 1. The smallest absolute Gasteiger partial charge is 0.0947 e. The van der Waals surface area contributed by atoms with Crippen LogP contribution >= 0.6 is 11.3 Å². The molecule has 2 atom stereocenters. The van der Waals surface area contributed by atoms with Crippen molar-refractivity contribution in [3.05, 3.63) is 15.6 Å². The zero-order valence-corrected chi connectivity index (χ0v) is 12.8. The molecular formula is C13H24N4OS. The van der Waals surface area contributed by atoms with E-state index in [1.54, 1.807) is 11.3 Å². The molecule has 0 aliphatic carbocycles. The Labute approximate surface area is 119 Å². The molecule has 6 heteroatoms. The second-order valence-corrected chi connectivity index (χ2v) is 6.32. The maximum absolute atomic E-state index is 5.86. The number of hydrazine groups is 1. The minimum Gasteiger partial charge on any atom is -0.374 e. The van der Waals surface area contributed by atoms with Gasteiger partial charge in [-0.1, -0.05) is 6.92 Å². The quantitative estimate of drug-likeness (QED) is 0.620. The Hall–Kier alpha value is -0.530. The van der Waals surface area contributed by atoms with Gasteiger partial charge in [0.15, 0.2) is 0 Å². The Morgan fingerprint density at radius 2 is 2.37 bits per heavy atom. The highest BCUT2D eigenvalue weighted by atomic mass is 32.1. The van der Waals surface area contributed by atoms with Gasteiger partial charge in [0.2, 0.25) is 0 Å². The molecule has 2 unspecified atom stereocenters. The predicted octanol–water partition coefficient (Wildman–Crippen LogP) is 0.855. The Bertz CT molecular complexity index is 390. The second kappa shape index (κ2) is 6.76. The molecule has 1 aliphatic rings. The molecule has 0 spiro atoms. The summed E-state index contributed by atoms with van der Waals surface area (Å²) in [4.78, 5) is 8.27. The highest BCUT2D eigenvalue weighted by molar-refractivity contribution is 7.11. The van der Waals surface area contributed by atoms with Gasteiger partial charge in [-0.15, -0.1) is 11.3 Å². The summed E-state index contributed by atoms with van der Waals surface area (Å²) in [5, 5.41) is 1.13. The summed E-state index contributed by atoms with van der Waals surface area (Å²) in [5.74, 6) is 5.71. The van der Waals surface area contributed by atoms with Gasteiger partial charge in [0, 0.05) is 24.4 Å². The van der Waals surface area contributed by atoms with Crippen LogP contribution < -0.4 is 11.3 Å². The van der Waals surface area contributed by atoms with E-state index in [0.717, 1.165) is 43.4 Å². The van der Waals surface area contributed by atoms with Crippen LogP contribution in [0.15, 0.2) is 0 Å². The van der Waals surface area contributed by atoms with E-state index in [1.807, 2.05) is 0 Å². The monoisotopic (exact) mass is 284 g/mol. The highest BCUT2D eigenvalue weighted by Gasteiger charge is 2.27. The molecule has 2 heterocycles. The minimum atomic E-state index is 0.124. The van der Waals surface area contributed by atoms with E-state index in [9.17, 15) is 0 Å². The molecule has 0 saturated carbocycles. The van der Waals surface area contributed by atoms with Gasteiger partial charge in [-0.25, -0.2) is 4.98 Å². The fourth-order valence-corrected chi connectivity index (χ4v) is 3.37. The number of hydrogen-bond acceptors (Lipinski definition) is 6. The van der Waals surface area contributed by atoms with Crippen LogP contribution in [0.4, 0.5) is 0 Å². The van der Waals surface area contributed by atoms with Crippen LogP contribution in [0.3, 0.4) is 0 Å². The number of likely N-dealkylation sites (N-methyl/N-ethyl adjacent to an activating group) is 1. The normalized spacial score (nSPS) is 22.6. The molecule has 0 bridgehead atoms.